The first-order valence-corrected chi connectivity index (χ1v) is 9.83. The molecule has 0 fully saturated rings. The summed E-state index contributed by atoms with van der Waals surface area (Å²) in [5.74, 6) is -6.61. The lowest BCUT2D eigenvalue weighted by Gasteiger charge is -2.23. The van der Waals surface area contributed by atoms with Crippen LogP contribution in [-0.2, 0) is 35.2 Å². The highest BCUT2D eigenvalue weighted by atomic mass is 16.4. The Balaban J connectivity index is 3.01. The van der Waals surface area contributed by atoms with Gasteiger partial charge >= 0.3 is 17.9 Å². The highest BCUT2D eigenvalue weighted by Crippen LogP contribution is 2.06. The zero-order valence-electron chi connectivity index (χ0n) is 17.5. The molecule has 1 aromatic carbocycles. The molecule has 0 spiro atoms. The molecule has 0 radical (unpaired) electrons. The summed E-state index contributed by atoms with van der Waals surface area (Å²) in [7, 11) is 0. The van der Waals surface area contributed by atoms with Crippen molar-refractivity contribution in [3.63, 3.8) is 0 Å². The molecule has 3 atom stereocenters. The van der Waals surface area contributed by atoms with Crippen LogP contribution in [-0.4, -0.2) is 75.6 Å². The molecular weight excluding hydrogens is 440 g/mol. The van der Waals surface area contributed by atoms with Crippen LogP contribution in [0.25, 0.3) is 0 Å². The fourth-order valence-corrected chi connectivity index (χ4v) is 2.71. The van der Waals surface area contributed by atoms with Gasteiger partial charge in [0.25, 0.3) is 0 Å². The SMILES string of the molecule is NC(CC(=O)O)C(=O)NC(CCC(=O)O)C(=O)NC(Cc1ccccc1)C(=O)NCC(=O)O. The Hall–Kier alpha value is -4.00. The third kappa shape index (κ3) is 10.7. The molecule has 0 aliphatic carbocycles. The summed E-state index contributed by atoms with van der Waals surface area (Å²) < 4.78 is 0. The van der Waals surface area contributed by atoms with Gasteiger partial charge in [0.1, 0.15) is 18.6 Å². The van der Waals surface area contributed by atoms with E-state index >= 15 is 0 Å². The Kier molecular flexibility index (Phi) is 11.0. The van der Waals surface area contributed by atoms with E-state index < -0.39 is 73.1 Å². The number of amides is 3. The maximum Gasteiger partial charge on any atom is 0.322 e. The number of benzene rings is 1. The van der Waals surface area contributed by atoms with Gasteiger partial charge in [0.05, 0.1) is 12.5 Å². The molecule has 0 aliphatic heterocycles. The van der Waals surface area contributed by atoms with E-state index in [1.54, 1.807) is 30.3 Å². The highest BCUT2D eigenvalue weighted by molar-refractivity contribution is 5.94. The maximum atomic E-state index is 12.8. The van der Waals surface area contributed by atoms with E-state index in [2.05, 4.69) is 16.0 Å². The predicted molar refractivity (Wildman–Crippen MR) is 112 cm³/mol. The van der Waals surface area contributed by atoms with Crippen molar-refractivity contribution in [1.29, 1.82) is 0 Å². The Bertz CT molecular complexity index is 876. The number of carbonyl (C=O) groups excluding carboxylic acids is 3. The molecule has 13 nitrogen and oxygen atoms in total. The van der Waals surface area contributed by atoms with Crippen molar-refractivity contribution in [1.82, 2.24) is 16.0 Å². The van der Waals surface area contributed by atoms with E-state index in [1.807, 2.05) is 0 Å². The van der Waals surface area contributed by atoms with Crippen LogP contribution in [0.15, 0.2) is 30.3 Å². The molecule has 0 aromatic heterocycles. The van der Waals surface area contributed by atoms with Crippen LogP contribution < -0.4 is 21.7 Å². The third-order valence-electron chi connectivity index (χ3n) is 4.34. The third-order valence-corrected chi connectivity index (χ3v) is 4.34. The monoisotopic (exact) mass is 466 g/mol. The van der Waals surface area contributed by atoms with Crippen molar-refractivity contribution < 1.29 is 44.1 Å². The van der Waals surface area contributed by atoms with Crippen LogP contribution in [0.4, 0.5) is 0 Å². The number of carboxylic acids is 3. The summed E-state index contributed by atoms with van der Waals surface area (Å²) in [6, 6.07) is 4.33. The number of carbonyl (C=O) groups is 6. The Labute approximate surface area is 188 Å². The summed E-state index contributed by atoms with van der Waals surface area (Å²) >= 11 is 0. The number of nitrogens with two attached hydrogens (primary N) is 1. The van der Waals surface area contributed by atoms with Gasteiger partial charge in [0.15, 0.2) is 0 Å². The smallest absolute Gasteiger partial charge is 0.322 e. The average Bonchev–Trinajstić information content (AvgIpc) is 2.74. The van der Waals surface area contributed by atoms with E-state index in [0.29, 0.717) is 5.56 Å². The molecular formula is C20H26N4O9. The van der Waals surface area contributed by atoms with E-state index in [1.165, 1.54) is 0 Å². The lowest BCUT2D eigenvalue weighted by molar-refractivity contribution is -0.140. The average molecular weight is 466 g/mol. The van der Waals surface area contributed by atoms with Crippen LogP contribution >= 0.6 is 0 Å². The summed E-state index contributed by atoms with van der Waals surface area (Å²) in [5, 5.41) is 33.2. The van der Waals surface area contributed by atoms with Crippen LogP contribution in [0.3, 0.4) is 0 Å². The largest absolute Gasteiger partial charge is 0.481 e. The number of rotatable bonds is 14. The van der Waals surface area contributed by atoms with Crippen LogP contribution in [0.2, 0.25) is 0 Å². The van der Waals surface area contributed by atoms with Crippen LogP contribution in [0.1, 0.15) is 24.8 Å². The minimum atomic E-state index is -1.48. The lowest BCUT2D eigenvalue weighted by atomic mass is 10.0. The number of aliphatic carboxylic acids is 3. The number of carboxylic acid groups (broad SMARTS) is 3. The zero-order valence-corrected chi connectivity index (χ0v) is 17.5. The Morgan fingerprint density at radius 1 is 0.788 bits per heavy atom. The van der Waals surface area contributed by atoms with Crippen molar-refractivity contribution >= 4 is 35.6 Å². The van der Waals surface area contributed by atoms with Crippen LogP contribution in [0, 0.1) is 0 Å². The summed E-state index contributed by atoms with van der Waals surface area (Å²) in [6.07, 6.45) is -1.61. The maximum absolute atomic E-state index is 12.8. The molecule has 0 saturated heterocycles. The Morgan fingerprint density at radius 3 is 1.94 bits per heavy atom. The first-order valence-electron chi connectivity index (χ1n) is 9.83. The number of nitrogens with one attached hydrogen (secondary N) is 3. The van der Waals surface area contributed by atoms with Crippen molar-refractivity contribution in [2.24, 2.45) is 5.73 Å². The van der Waals surface area contributed by atoms with E-state index in [0.717, 1.165) is 0 Å². The van der Waals surface area contributed by atoms with Crippen molar-refractivity contribution in [2.45, 2.75) is 43.8 Å². The van der Waals surface area contributed by atoms with Crippen LogP contribution in [0.5, 0.6) is 0 Å². The minimum Gasteiger partial charge on any atom is -0.481 e. The number of hydrogen-bond donors (Lipinski definition) is 7. The Morgan fingerprint density at radius 2 is 1.39 bits per heavy atom. The zero-order chi connectivity index (χ0) is 25.0. The summed E-state index contributed by atoms with van der Waals surface area (Å²) in [6.45, 7) is -0.691. The van der Waals surface area contributed by atoms with Gasteiger partial charge in [-0.2, -0.15) is 0 Å². The molecule has 13 heteroatoms. The first kappa shape index (κ1) is 27.0. The molecule has 3 unspecified atom stereocenters. The fraction of sp³-hybridized carbons (Fsp3) is 0.400. The van der Waals surface area contributed by atoms with Crippen molar-refractivity contribution in [3.8, 4) is 0 Å². The van der Waals surface area contributed by atoms with Crippen molar-refractivity contribution in [3.05, 3.63) is 35.9 Å². The fourth-order valence-electron chi connectivity index (χ4n) is 2.71. The van der Waals surface area contributed by atoms with Gasteiger partial charge in [-0.3, -0.25) is 28.8 Å². The molecule has 0 saturated carbocycles. The van der Waals surface area contributed by atoms with E-state index in [9.17, 15) is 28.8 Å². The highest BCUT2D eigenvalue weighted by Gasteiger charge is 2.29. The molecule has 0 heterocycles. The molecule has 33 heavy (non-hydrogen) atoms. The molecule has 0 bridgehead atoms. The molecule has 8 N–H and O–H groups in total. The van der Waals surface area contributed by atoms with Gasteiger partial charge in [-0.1, -0.05) is 30.3 Å². The second-order valence-electron chi connectivity index (χ2n) is 7.06. The lowest BCUT2D eigenvalue weighted by Crippen LogP contribution is -2.56. The number of hydrogen-bond acceptors (Lipinski definition) is 7. The normalized spacial score (nSPS) is 13.1. The predicted octanol–water partition coefficient (Wildman–Crippen LogP) is -1.93. The summed E-state index contributed by atoms with van der Waals surface area (Å²) in [4.78, 5) is 69.9. The standard InChI is InChI=1S/C20H26N4O9/c21-12(9-16(27)28)18(31)23-13(6-7-15(25)26)20(33)24-14(19(32)22-10-17(29)30)8-11-4-2-1-3-5-11/h1-5,12-14H,6-10,21H2,(H,22,32)(H,23,31)(H,24,33)(H,25,26)(H,27,28)(H,29,30). The van der Waals surface area contributed by atoms with E-state index in [4.69, 9.17) is 21.1 Å². The van der Waals surface area contributed by atoms with Crippen molar-refractivity contribution in [2.75, 3.05) is 6.54 Å². The molecule has 1 rings (SSSR count). The van der Waals surface area contributed by atoms with Gasteiger partial charge in [-0.25, -0.2) is 0 Å². The summed E-state index contributed by atoms with van der Waals surface area (Å²) in [5.41, 5.74) is 6.12. The molecule has 180 valence electrons. The van der Waals surface area contributed by atoms with Gasteiger partial charge in [-0.15, -0.1) is 0 Å². The molecule has 1 aromatic rings. The quantitative estimate of drug-likeness (QED) is 0.161. The van der Waals surface area contributed by atoms with E-state index in [-0.39, 0.29) is 12.8 Å². The van der Waals surface area contributed by atoms with Gasteiger partial charge < -0.3 is 37.0 Å². The second kappa shape index (κ2) is 13.4. The van der Waals surface area contributed by atoms with Gasteiger partial charge in [0.2, 0.25) is 17.7 Å². The second-order valence-corrected chi connectivity index (χ2v) is 7.06. The van der Waals surface area contributed by atoms with Gasteiger partial charge in [0, 0.05) is 12.8 Å². The first-order chi connectivity index (χ1) is 15.5. The topological polar surface area (TPSA) is 225 Å². The molecule has 0 aliphatic rings. The molecule has 3 amide bonds. The van der Waals surface area contributed by atoms with Gasteiger partial charge in [-0.05, 0) is 12.0 Å². The minimum absolute atomic E-state index is 0.0177.